The second-order valence-electron chi connectivity index (χ2n) is 4.56. The summed E-state index contributed by atoms with van der Waals surface area (Å²) in [6.45, 7) is 0. The van der Waals surface area contributed by atoms with E-state index in [1.165, 1.54) is 16.6 Å². The molecule has 0 radical (unpaired) electrons. The summed E-state index contributed by atoms with van der Waals surface area (Å²) >= 11 is 0. The van der Waals surface area contributed by atoms with E-state index in [4.69, 9.17) is 0 Å². The zero-order chi connectivity index (χ0) is 12.5. The summed E-state index contributed by atoms with van der Waals surface area (Å²) in [7, 11) is 2.07. The number of para-hydroxylation sites is 2. The maximum absolute atomic E-state index is 9.83. The second-order valence-corrected chi connectivity index (χ2v) is 4.56. The lowest BCUT2D eigenvalue weighted by Crippen LogP contribution is -1.97. The predicted octanol–water partition coefficient (Wildman–Crippen LogP) is 3.47. The molecule has 2 aromatic carbocycles. The number of hydrogen-bond acceptors (Lipinski definition) is 1. The molecule has 0 aliphatic heterocycles. The summed E-state index contributed by atoms with van der Waals surface area (Å²) in [6.07, 6.45) is 0.748. The molecular formula is C16H15NO. The molecule has 1 heterocycles. The van der Waals surface area contributed by atoms with Crippen LogP contribution in [0.15, 0.2) is 54.6 Å². The minimum Gasteiger partial charge on any atom is -0.508 e. The molecule has 2 heteroatoms. The molecule has 0 aliphatic carbocycles. The summed E-state index contributed by atoms with van der Waals surface area (Å²) in [5.74, 6) is 0.364. The van der Waals surface area contributed by atoms with Gasteiger partial charge >= 0.3 is 0 Å². The van der Waals surface area contributed by atoms with Crippen LogP contribution in [-0.4, -0.2) is 9.67 Å². The molecule has 0 saturated heterocycles. The van der Waals surface area contributed by atoms with E-state index in [2.05, 4.69) is 29.8 Å². The molecule has 0 bridgehead atoms. The van der Waals surface area contributed by atoms with Crippen LogP contribution in [0.25, 0.3) is 10.9 Å². The van der Waals surface area contributed by atoms with E-state index in [9.17, 15) is 5.11 Å². The molecule has 0 spiro atoms. The molecule has 0 saturated carbocycles. The number of fused-ring (bicyclic) bond motifs is 1. The Bertz CT molecular complexity index is 697. The van der Waals surface area contributed by atoms with E-state index in [-0.39, 0.29) is 0 Å². The zero-order valence-corrected chi connectivity index (χ0v) is 10.3. The molecule has 0 fully saturated rings. The maximum Gasteiger partial charge on any atom is 0.119 e. The maximum atomic E-state index is 9.83. The summed E-state index contributed by atoms with van der Waals surface area (Å²) in [6, 6.07) is 18.0. The normalized spacial score (nSPS) is 10.9. The highest BCUT2D eigenvalue weighted by Gasteiger charge is 2.07. The van der Waals surface area contributed by atoms with Crippen molar-refractivity contribution in [3.63, 3.8) is 0 Å². The highest BCUT2D eigenvalue weighted by atomic mass is 16.3. The van der Waals surface area contributed by atoms with Gasteiger partial charge in [0, 0.05) is 24.7 Å². The first kappa shape index (κ1) is 10.9. The van der Waals surface area contributed by atoms with Gasteiger partial charge in [0.05, 0.1) is 0 Å². The summed E-state index contributed by atoms with van der Waals surface area (Å²) in [4.78, 5) is 0. The third-order valence-corrected chi connectivity index (χ3v) is 3.41. The third kappa shape index (κ3) is 1.76. The minimum atomic E-state index is 0.364. The molecule has 90 valence electrons. The van der Waals surface area contributed by atoms with Gasteiger partial charge < -0.3 is 9.67 Å². The fourth-order valence-electron chi connectivity index (χ4n) is 2.37. The SMILES string of the molecule is Cn1c(Cc2ccccc2O)cc2ccccc21. The van der Waals surface area contributed by atoms with E-state index in [0.29, 0.717) is 5.75 Å². The van der Waals surface area contributed by atoms with Gasteiger partial charge in [-0.15, -0.1) is 0 Å². The van der Waals surface area contributed by atoms with Gasteiger partial charge in [-0.05, 0) is 29.1 Å². The number of aryl methyl sites for hydroxylation is 1. The van der Waals surface area contributed by atoms with Crippen LogP contribution in [-0.2, 0) is 13.5 Å². The Hall–Kier alpha value is -2.22. The van der Waals surface area contributed by atoms with Crippen LogP contribution in [0.3, 0.4) is 0 Å². The molecule has 3 rings (SSSR count). The lowest BCUT2D eigenvalue weighted by atomic mass is 10.1. The van der Waals surface area contributed by atoms with Crippen LogP contribution in [0.1, 0.15) is 11.3 Å². The Kier molecular flexibility index (Phi) is 2.56. The van der Waals surface area contributed by atoms with E-state index < -0.39 is 0 Å². The van der Waals surface area contributed by atoms with Gasteiger partial charge in [0.25, 0.3) is 0 Å². The fraction of sp³-hybridized carbons (Fsp3) is 0.125. The van der Waals surface area contributed by atoms with Gasteiger partial charge in [-0.25, -0.2) is 0 Å². The number of aromatic hydroxyl groups is 1. The molecule has 18 heavy (non-hydrogen) atoms. The van der Waals surface area contributed by atoms with Gasteiger partial charge in [-0.1, -0.05) is 36.4 Å². The van der Waals surface area contributed by atoms with E-state index in [1.807, 2.05) is 30.3 Å². The molecular weight excluding hydrogens is 222 g/mol. The highest BCUT2D eigenvalue weighted by molar-refractivity contribution is 5.81. The average molecular weight is 237 g/mol. The molecule has 0 atom stereocenters. The lowest BCUT2D eigenvalue weighted by molar-refractivity contribution is 0.469. The van der Waals surface area contributed by atoms with Crippen LogP contribution in [0, 0.1) is 0 Å². The van der Waals surface area contributed by atoms with Crippen molar-refractivity contribution >= 4 is 10.9 Å². The fourth-order valence-corrected chi connectivity index (χ4v) is 2.37. The first-order chi connectivity index (χ1) is 8.75. The van der Waals surface area contributed by atoms with Gasteiger partial charge in [0.1, 0.15) is 5.75 Å². The number of phenols is 1. The quantitative estimate of drug-likeness (QED) is 0.725. The van der Waals surface area contributed by atoms with Crippen LogP contribution >= 0.6 is 0 Å². The van der Waals surface area contributed by atoms with Crippen LogP contribution in [0.2, 0.25) is 0 Å². The monoisotopic (exact) mass is 237 g/mol. The highest BCUT2D eigenvalue weighted by Crippen LogP contribution is 2.24. The summed E-state index contributed by atoms with van der Waals surface area (Å²) in [5.41, 5.74) is 3.39. The second kappa shape index (κ2) is 4.22. The Morgan fingerprint density at radius 2 is 1.72 bits per heavy atom. The van der Waals surface area contributed by atoms with Crippen molar-refractivity contribution < 1.29 is 5.11 Å². The number of phenolic OH excluding ortho intramolecular Hbond substituents is 1. The molecule has 2 nitrogen and oxygen atoms in total. The topological polar surface area (TPSA) is 25.2 Å². The molecule has 0 unspecified atom stereocenters. The van der Waals surface area contributed by atoms with E-state index >= 15 is 0 Å². The predicted molar refractivity (Wildman–Crippen MR) is 73.8 cm³/mol. The molecule has 3 aromatic rings. The zero-order valence-electron chi connectivity index (χ0n) is 10.3. The Morgan fingerprint density at radius 3 is 2.50 bits per heavy atom. The van der Waals surface area contributed by atoms with Crippen molar-refractivity contribution in [2.75, 3.05) is 0 Å². The van der Waals surface area contributed by atoms with Crippen LogP contribution < -0.4 is 0 Å². The van der Waals surface area contributed by atoms with Gasteiger partial charge in [-0.3, -0.25) is 0 Å². The first-order valence-electron chi connectivity index (χ1n) is 6.06. The average Bonchev–Trinajstić information content (AvgIpc) is 2.70. The molecule has 1 N–H and O–H groups in total. The Balaban J connectivity index is 2.06. The molecule has 0 amide bonds. The van der Waals surface area contributed by atoms with Crippen molar-refractivity contribution in [1.82, 2.24) is 4.57 Å². The van der Waals surface area contributed by atoms with Crippen molar-refractivity contribution in [2.45, 2.75) is 6.42 Å². The van der Waals surface area contributed by atoms with Crippen molar-refractivity contribution in [3.05, 3.63) is 65.9 Å². The largest absolute Gasteiger partial charge is 0.508 e. The van der Waals surface area contributed by atoms with Gasteiger partial charge in [0.2, 0.25) is 0 Å². The van der Waals surface area contributed by atoms with Crippen molar-refractivity contribution in [3.8, 4) is 5.75 Å². The number of aromatic nitrogens is 1. The number of hydrogen-bond donors (Lipinski definition) is 1. The van der Waals surface area contributed by atoms with Crippen LogP contribution in [0.5, 0.6) is 5.75 Å². The summed E-state index contributed by atoms with van der Waals surface area (Å²) in [5, 5.41) is 11.1. The van der Waals surface area contributed by atoms with E-state index in [0.717, 1.165) is 12.0 Å². The summed E-state index contributed by atoms with van der Waals surface area (Å²) < 4.78 is 2.18. The van der Waals surface area contributed by atoms with E-state index in [1.54, 1.807) is 6.07 Å². The van der Waals surface area contributed by atoms with Crippen molar-refractivity contribution in [1.29, 1.82) is 0 Å². The number of benzene rings is 2. The lowest BCUT2D eigenvalue weighted by Gasteiger charge is -2.06. The van der Waals surface area contributed by atoms with Gasteiger partial charge in [-0.2, -0.15) is 0 Å². The van der Waals surface area contributed by atoms with Crippen LogP contribution in [0.4, 0.5) is 0 Å². The number of rotatable bonds is 2. The Morgan fingerprint density at radius 1 is 1.00 bits per heavy atom. The molecule has 0 aliphatic rings. The molecule has 1 aromatic heterocycles. The minimum absolute atomic E-state index is 0.364. The Labute approximate surface area is 106 Å². The standard InChI is InChI=1S/C16H15NO/c1-17-14(10-12-6-2-4-8-15(12)17)11-13-7-3-5-9-16(13)18/h2-10,18H,11H2,1H3. The number of nitrogens with zero attached hydrogens (tertiary/aromatic N) is 1. The smallest absolute Gasteiger partial charge is 0.119 e. The van der Waals surface area contributed by atoms with Crippen molar-refractivity contribution in [2.24, 2.45) is 7.05 Å². The van der Waals surface area contributed by atoms with Gasteiger partial charge in [0.15, 0.2) is 0 Å². The first-order valence-corrected chi connectivity index (χ1v) is 6.06. The third-order valence-electron chi connectivity index (χ3n) is 3.41.